The van der Waals surface area contributed by atoms with Gasteiger partial charge in [0.1, 0.15) is 6.54 Å². The van der Waals surface area contributed by atoms with E-state index < -0.39 is 30.3 Å². The lowest BCUT2D eigenvalue weighted by Gasteiger charge is -2.32. The summed E-state index contributed by atoms with van der Waals surface area (Å²) in [5.41, 5.74) is 1.61. The monoisotopic (exact) mass is 403 g/mol. The van der Waals surface area contributed by atoms with E-state index in [-0.39, 0.29) is 6.54 Å². The maximum atomic E-state index is 11.7. The van der Waals surface area contributed by atoms with Gasteiger partial charge in [0.15, 0.2) is 5.13 Å². The summed E-state index contributed by atoms with van der Waals surface area (Å²) in [5, 5.41) is 15.3. The van der Waals surface area contributed by atoms with Crippen LogP contribution in [0.4, 0.5) is 9.93 Å². The molecule has 148 valence electrons. The van der Waals surface area contributed by atoms with Gasteiger partial charge in [0.2, 0.25) is 5.91 Å². The molecule has 1 aromatic carbocycles. The predicted octanol–water partition coefficient (Wildman–Crippen LogP) is 2.32. The normalized spacial score (nSPS) is 17.4. The maximum Gasteiger partial charge on any atom is 0.494 e. The van der Waals surface area contributed by atoms with E-state index in [1.54, 1.807) is 0 Å². The topological polar surface area (TPSA) is 110 Å². The summed E-state index contributed by atoms with van der Waals surface area (Å²) >= 11 is 1.26. The average Bonchev–Trinajstić information content (AvgIpc) is 3.15. The molecule has 8 nitrogen and oxygen atoms in total. The van der Waals surface area contributed by atoms with E-state index >= 15 is 0 Å². The molecule has 28 heavy (non-hydrogen) atoms. The molecule has 1 aliphatic rings. The number of aromatic nitrogens is 1. The molecule has 0 bridgehead atoms. The molecule has 1 aromatic heterocycles. The molecule has 3 rings (SSSR count). The fourth-order valence-electron chi connectivity index (χ4n) is 2.61. The zero-order chi connectivity index (χ0) is 20.5. The third kappa shape index (κ3) is 4.35. The molecule has 0 atom stereocenters. The van der Waals surface area contributed by atoms with Gasteiger partial charge in [-0.05, 0) is 33.2 Å². The minimum atomic E-state index is -1.26. The van der Waals surface area contributed by atoms with Crippen molar-refractivity contribution in [1.82, 2.24) is 10.3 Å². The molecule has 0 unspecified atom stereocenters. The Bertz CT molecular complexity index is 883. The Balaban J connectivity index is 1.72. The third-order valence-electron chi connectivity index (χ3n) is 4.86. The van der Waals surface area contributed by atoms with Crippen LogP contribution in [0, 0.1) is 0 Å². The Morgan fingerprint density at radius 3 is 2.54 bits per heavy atom. The Morgan fingerprint density at radius 1 is 1.21 bits per heavy atom. The lowest BCUT2D eigenvalue weighted by Crippen LogP contribution is -2.41. The highest BCUT2D eigenvalue weighted by Crippen LogP contribution is 2.36. The first-order valence-corrected chi connectivity index (χ1v) is 9.63. The lowest BCUT2D eigenvalue weighted by molar-refractivity contribution is -0.115. The summed E-state index contributed by atoms with van der Waals surface area (Å²) in [5.74, 6) is -0.478. The molecule has 2 aromatic rings. The van der Waals surface area contributed by atoms with Crippen LogP contribution in [0.15, 0.2) is 29.6 Å². The predicted molar refractivity (Wildman–Crippen MR) is 108 cm³/mol. The van der Waals surface area contributed by atoms with Gasteiger partial charge in [-0.1, -0.05) is 24.3 Å². The molecule has 1 saturated heterocycles. The molecule has 2 amide bonds. The van der Waals surface area contributed by atoms with Crippen LogP contribution in [0.2, 0.25) is 0 Å². The molecule has 0 saturated carbocycles. The van der Waals surface area contributed by atoms with Crippen molar-refractivity contribution in [1.29, 1.82) is 0 Å². The van der Waals surface area contributed by atoms with Crippen molar-refractivity contribution in [3.8, 4) is 11.3 Å². The molecular weight excluding hydrogens is 381 g/mol. The minimum Gasteiger partial charge on any atom is -0.465 e. The van der Waals surface area contributed by atoms with Crippen LogP contribution in [0.1, 0.15) is 27.7 Å². The van der Waals surface area contributed by atoms with Crippen molar-refractivity contribution in [3.05, 3.63) is 29.6 Å². The average molecular weight is 403 g/mol. The number of benzene rings is 1. The van der Waals surface area contributed by atoms with Crippen LogP contribution in [-0.4, -0.2) is 47.0 Å². The first kappa shape index (κ1) is 20.3. The lowest BCUT2D eigenvalue weighted by atomic mass is 9.78. The summed E-state index contributed by atoms with van der Waals surface area (Å²) in [4.78, 5) is 26.6. The van der Waals surface area contributed by atoms with Gasteiger partial charge in [-0.2, -0.15) is 0 Å². The van der Waals surface area contributed by atoms with Crippen LogP contribution in [0.5, 0.6) is 0 Å². The number of thiazole rings is 1. The van der Waals surface area contributed by atoms with Crippen molar-refractivity contribution in [2.45, 2.75) is 38.9 Å². The van der Waals surface area contributed by atoms with Crippen LogP contribution in [0.25, 0.3) is 11.3 Å². The second kappa shape index (κ2) is 7.54. The van der Waals surface area contributed by atoms with Gasteiger partial charge in [-0.15, -0.1) is 11.3 Å². The van der Waals surface area contributed by atoms with Crippen LogP contribution in [-0.2, 0) is 14.1 Å². The molecule has 1 fully saturated rings. The van der Waals surface area contributed by atoms with Crippen molar-refractivity contribution in [2.24, 2.45) is 0 Å². The standard InChI is InChI=1S/C18H22BN3O5S/c1-17(2)18(3,4)27-19(26-17)12-7-5-6-11(8-12)13-10-28-15(21-13)22-14(23)9-20-16(24)25/h5-8,10,20H,9H2,1-4H3,(H,24,25)(H,21,22,23). The van der Waals surface area contributed by atoms with E-state index in [1.807, 2.05) is 62.7 Å². The second-order valence-corrected chi connectivity index (χ2v) is 8.32. The van der Waals surface area contributed by atoms with E-state index in [0.29, 0.717) is 10.8 Å². The summed E-state index contributed by atoms with van der Waals surface area (Å²) in [6.45, 7) is 7.69. The summed E-state index contributed by atoms with van der Waals surface area (Å²) in [7, 11) is -0.468. The van der Waals surface area contributed by atoms with Gasteiger partial charge in [0.25, 0.3) is 0 Å². The van der Waals surface area contributed by atoms with Crippen molar-refractivity contribution >= 4 is 41.0 Å². The zero-order valence-corrected chi connectivity index (χ0v) is 16.9. The van der Waals surface area contributed by atoms with Gasteiger partial charge in [-0.25, -0.2) is 9.78 Å². The van der Waals surface area contributed by atoms with Gasteiger partial charge >= 0.3 is 13.2 Å². The largest absolute Gasteiger partial charge is 0.494 e. The molecule has 3 N–H and O–H groups in total. The van der Waals surface area contributed by atoms with Crippen molar-refractivity contribution in [2.75, 3.05) is 11.9 Å². The highest BCUT2D eigenvalue weighted by atomic mass is 32.1. The third-order valence-corrected chi connectivity index (χ3v) is 5.62. The first-order valence-electron chi connectivity index (χ1n) is 8.75. The zero-order valence-electron chi connectivity index (χ0n) is 16.1. The number of rotatable bonds is 5. The maximum absolute atomic E-state index is 11.7. The summed E-state index contributed by atoms with van der Waals surface area (Å²) < 4.78 is 12.2. The summed E-state index contributed by atoms with van der Waals surface area (Å²) in [6, 6.07) is 7.72. The van der Waals surface area contributed by atoms with Crippen molar-refractivity contribution in [3.63, 3.8) is 0 Å². The van der Waals surface area contributed by atoms with Gasteiger partial charge in [-0.3, -0.25) is 4.79 Å². The number of nitrogens with one attached hydrogen (secondary N) is 2. The number of anilines is 1. The number of hydrogen-bond donors (Lipinski definition) is 3. The summed E-state index contributed by atoms with van der Waals surface area (Å²) in [6.07, 6.45) is -1.26. The first-order chi connectivity index (χ1) is 13.1. The number of amides is 2. The molecule has 2 heterocycles. The number of carbonyl (C=O) groups excluding carboxylic acids is 1. The van der Waals surface area contributed by atoms with E-state index in [4.69, 9.17) is 14.4 Å². The molecule has 0 radical (unpaired) electrons. The molecule has 10 heteroatoms. The van der Waals surface area contributed by atoms with Crippen molar-refractivity contribution < 1.29 is 24.0 Å². The fraction of sp³-hybridized carbons (Fsp3) is 0.389. The van der Waals surface area contributed by atoms with E-state index in [1.165, 1.54) is 11.3 Å². The SMILES string of the molecule is CC1(C)OB(c2cccc(-c3csc(NC(=O)CNC(=O)O)n3)c2)OC1(C)C. The number of nitrogens with zero attached hydrogens (tertiary/aromatic N) is 1. The number of carboxylic acid groups (broad SMARTS) is 1. The highest BCUT2D eigenvalue weighted by molar-refractivity contribution is 7.14. The fourth-order valence-corrected chi connectivity index (χ4v) is 3.34. The molecule has 1 aliphatic heterocycles. The highest BCUT2D eigenvalue weighted by Gasteiger charge is 2.51. The number of hydrogen-bond acceptors (Lipinski definition) is 6. The second-order valence-electron chi connectivity index (χ2n) is 7.46. The van der Waals surface area contributed by atoms with Gasteiger partial charge < -0.3 is 25.0 Å². The number of carbonyl (C=O) groups is 2. The Labute approximate surface area is 167 Å². The van der Waals surface area contributed by atoms with Crippen LogP contribution >= 0.6 is 11.3 Å². The smallest absolute Gasteiger partial charge is 0.465 e. The van der Waals surface area contributed by atoms with Gasteiger partial charge in [0, 0.05) is 10.9 Å². The molecule has 0 aliphatic carbocycles. The van der Waals surface area contributed by atoms with E-state index in [2.05, 4.69) is 10.3 Å². The Kier molecular flexibility index (Phi) is 5.47. The van der Waals surface area contributed by atoms with Crippen LogP contribution in [0.3, 0.4) is 0 Å². The van der Waals surface area contributed by atoms with Gasteiger partial charge in [0.05, 0.1) is 16.9 Å². The quantitative estimate of drug-likeness (QED) is 0.661. The van der Waals surface area contributed by atoms with Crippen LogP contribution < -0.4 is 16.1 Å². The molecular formula is C18H22BN3O5S. The minimum absolute atomic E-state index is 0.332. The Morgan fingerprint density at radius 2 is 1.89 bits per heavy atom. The van der Waals surface area contributed by atoms with E-state index in [0.717, 1.165) is 11.0 Å². The van der Waals surface area contributed by atoms with E-state index in [9.17, 15) is 9.59 Å². The molecule has 0 spiro atoms. The Hall–Kier alpha value is -2.43.